The van der Waals surface area contributed by atoms with Crippen molar-refractivity contribution in [1.29, 1.82) is 0 Å². The lowest BCUT2D eigenvalue weighted by atomic mass is 10.1. The Morgan fingerprint density at radius 1 is 0.895 bits per heavy atom. The van der Waals surface area contributed by atoms with Gasteiger partial charge in [0.25, 0.3) is 10.0 Å². The number of hydrogen-bond donors (Lipinski definition) is 1. The Morgan fingerprint density at radius 2 is 1.58 bits per heavy atom. The molecule has 196 valence electrons. The van der Waals surface area contributed by atoms with Gasteiger partial charge in [-0.2, -0.15) is 0 Å². The Kier molecular flexibility index (Phi) is 8.76. The number of sulfonamides is 1. The van der Waals surface area contributed by atoms with Crippen molar-refractivity contribution in [2.45, 2.75) is 29.4 Å². The Morgan fingerprint density at radius 3 is 2.26 bits per heavy atom. The van der Waals surface area contributed by atoms with E-state index in [0.29, 0.717) is 11.4 Å². The van der Waals surface area contributed by atoms with Gasteiger partial charge < -0.3 is 10.1 Å². The summed E-state index contributed by atoms with van der Waals surface area (Å²) in [6, 6.07) is 29.3. The molecule has 0 fully saturated rings. The standard InChI is InChI=1S/C30H30N2O4S2/c1-22-13-16-26(17-14-22)38(34,35)32(28-11-7-8-12-29(28)36-3)20-30(33)31-27-18-15-24(19-23(27)2)21-37-25-9-5-4-6-10-25/h4-19H,20-21H2,1-3H3,(H,31,33). The number of carbonyl (C=O) groups is 1. The molecule has 1 N–H and O–H groups in total. The second-order valence-corrected chi connectivity index (χ2v) is 11.7. The Labute approximate surface area is 228 Å². The van der Waals surface area contributed by atoms with Crippen molar-refractivity contribution in [1.82, 2.24) is 0 Å². The second kappa shape index (κ2) is 12.2. The third-order valence-corrected chi connectivity index (χ3v) is 8.82. The van der Waals surface area contributed by atoms with Gasteiger partial charge in [-0.15, -0.1) is 11.8 Å². The quantitative estimate of drug-likeness (QED) is 0.232. The molecule has 4 aromatic rings. The van der Waals surface area contributed by atoms with Crippen LogP contribution in [0.25, 0.3) is 0 Å². The van der Waals surface area contributed by atoms with Gasteiger partial charge in [-0.25, -0.2) is 8.42 Å². The molecule has 0 spiro atoms. The maximum absolute atomic E-state index is 13.7. The fourth-order valence-corrected chi connectivity index (χ4v) is 6.23. The van der Waals surface area contributed by atoms with Gasteiger partial charge in [-0.3, -0.25) is 9.10 Å². The van der Waals surface area contributed by atoms with E-state index in [1.165, 1.54) is 12.0 Å². The molecular weight excluding hydrogens is 516 g/mol. The molecular formula is C30H30N2O4S2. The van der Waals surface area contributed by atoms with Crippen molar-refractivity contribution in [3.05, 3.63) is 114 Å². The lowest BCUT2D eigenvalue weighted by molar-refractivity contribution is -0.114. The second-order valence-electron chi connectivity index (χ2n) is 8.80. The molecule has 8 heteroatoms. The summed E-state index contributed by atoms with van der Waals surface area (Å²) in [4.78, 5) is 14.5. The minimum atomic E-state index is -4.05. The lowest BCUT2D eigenvalue weighted by Gasteiger charge is -2.26. The van der Waals surface area contributed by atoms with Crippen LogP contribution >= 0.6 is 11.8 Å². The van der Waals surface area contributed by atoms with Crippen LogP contribution in [0.15, 0.2) is 107 Å². The van der Waals surface area contributed by atoms with E-state index in [1.807, 2.05) is 50.2 Å². The summed E-state index contributed by atoms with van der Waals surface area (Å²) in [6.07, 6.45) is 0. The Bertz CT molecular complexity index is 1510. The number of benzene rings is 4. The van der Waals surface area contributed by atoms with E-state index in [4.69, 9.17) is 4.74 Å². The van der Waals surface area contributed by atoms with Crippen LogP contribution in [0.1, 0.15) is 16.7 Å². The maximum atomic E-state index is 13.7. The molecule has 0 aliphatic heterocycles. The summed E-state index contributed by atoms with van der Waals surface area (Å²) < 4.78 is 33.9. The molecule has 0 saturated heterocycles. The van der Waals surface area contributed by atoms with Crippen LogP contribution in [0.2, 0.25) is 0 Å². The SMILES string of the molecule is COc1ccccc1N(CC(=O)Nc1ccc(CSc2ccccc2)cc1C)S(=O)(=O)c1ccc(C)cc1. The molecule has 0 saturated carbocycles. The summed E-state index contributed by atoms with van der Waals surface area (Å²) in [5.74, 6) is 0.698. The number of nitrogens with zero attached hydrogens (tertiary/aromatic N) is 1. The number of carbonyl (C=O) groups excluding carboxylic acids is 1. The smallest absolute Gasteiger partial charge is 0.264 e. The number of anilines is 2. The maximum Gasteiger partial charge on any atom is 0.264 e. The molecule has 38 heavy (non-hydrogen) atoms. The summed E-state index contributed by atoms with van der Waals surface area (Å²) in [5.41, 5.74) is 3.89. The van der Waals surface area contributed by atoms with Gasteiger partial charge >= 0.3 is 0 Å². The number of amides is 1. The summed E-state index contributed by atoms with van der Waals surface area (Å²) in [5, 5.41) is 2.89. The van der Waals surface area contributed by atoms with Gasteiger partial charge in [-0.05, 0) is 67.4 Å². The van der Waals surface area contributed by atoms with E-state index >= 15 is 0 Å². The minimum Gasteiger partial charge on any atom is -0.495 e. The van der Waals surface area contributed by atoms with Crippen LogP contribution in [0.5, 0.6) is 5.75 Å². The van der Waals surface area contributed by atoms with Crippen molar-refractivity contribution < 1.29 is 17.9 Å². The number of methoxy groups -OCH3 is 1. The molecule has 0 atom stereocenters. The van der Waals surface area contributed by atoms with Crippen LogP contribution < -0.4 is 14.4 Å². The molecule has 1 amide bonds. The number of thioether (sulfide) groups is 1. The first kappa shape index (κ1) is 27.3. The monoisotopic (exact) mass is 546 g/mol. The molecule has 6 nitrogen and oxygen atoms in total. The first-order valence-electron chi connectivity index (χ1n) is 12.1. The predicted molar refractivity (Wildman–Crippen MR) is 155 cm³/mol. The molecule has 0 aliphatic rings. The highest BCUT2D eigenvalue weighted by atomic mass is 32.2. The zero-order valence-electron chi connectivity index (χ0n) is 21.5. The highest BCUT2D eigenvalue weighted by molar-refractivity contribution is 7.98. The number of aryl methyl sites for hydroxylation is 2. The van der Waals surface area contributed by atoms with E-state index in [1.54, 1.807) is 60.3 Å². The van der Waals surface area contributed by atoms with Gasteiger partial charge in [0.05, 0.1) is 17.7 Å². The van der Waals surface area contributed by atoms with E-state index in [9.17, 15) is 13.2 Å². The van der Waals surface area contributed by atoms with E-state index in [-0.39, 0.29) is 10.6 Å². The van der Waals surface area contributed by atoms with Gasteiger partial charge in [0.2, 0.25) is 5.91 Å². The average Bonchev–Trinajstić information content (AvgIpc) is 2.92. The molecule has 0 unspecified atom stereocenters. The first-order chi connectivity index (χ1) is 18.3. The highest BCUT2D eigenvalue weighted by Gasteiger charge is 2.29. The summed E-state index contributed by atoms with van der Waals surface area (Å²) in [6.45, 7) is 3.39. The first-order valence-corrected chi connectivity index (χ1v) is 14.5. The Balaban J connectivity index is 1.55. The number of rotatable bonds is 10. The molecule has 4 aromatic carbocycles. The van der Waals surface area contributed by atoms with Crippen LogP contribution in [0.3, 0.4) is 0 Å². The van der Waals surface area contributed by atoms with E-state index in [0.717, 1.165) is 26.7 Å². The van der Waals surface area contributed by atoms with Gasteiger partial charge in [0.15, 0.2) is 0 Å². The van der Waals surface area contributed by atoms with E-state index < -0.39 is 22.5 Å². The van der Waals surface area contributed by atoms with Gasteiger partial charge in [-0.1, -0.05) is 60.2 Å². The number of hydrogen-bond acceptors (Lipinski definition) is 5. The third-order valence-electron chi connectivity index (χ3n) is 5.96. The largest absolute Gasteiger partial charge is 0.495 e. The minimum absolute atomic E-state index is 0.0956. The molecule has 0 heterocycles. The number of nitrogens with one attached hydrogen (secondary N) is 1. The third kappa shape index (κ3) is 6.57. The lowest BCUT2D eigenvalue weighted by Crippen LogP contribution is -2.38. The predicted octanol–water partition coefficient (Wildman–Crippen LogP) is 6.44. The normalized spacial score (nSPS) is 11.1. The summed E-state index contributed by atoms with van der Waals surface area (Å²) >= 11 is 1.74. The van der Waals surface area contributed by atoms with Crippen LogP contribution in [-0.4, -0.2) is 28.0 Å². The van der Waals surface area contributed by atoms with Crippen molar-refractivity contribution in [3.63, 3.8) is 0 Å². The topological polar surface area (TPSA) is 75.7 Å². The van der Waals surface area contributed by atoms with Crippen LogP contribution in [0, 0.1) is 13.8 Å². The van der Waals surface area contributed by atoms with Crippen LogP contribution in [-0.2, 0) is 20.6 Å². The Hall–Kier alpha value is -3.75. The molecule has 0 bridgehead atoms. The molecule has 0 aliphatic carbocycles. The van der Waals surface area contributed by atoms with E-state index in [2.05, 4.69) is 17.4 Å². The van der Waals surface area contributed by atoms with Crippen molar-refractivity contribution in [2.24, 2.45) is 0 Å². The molecule has 4 rings (SSSR count). The zero-order chi connectivity index (χ0) is 27.1. The van der Waals surface area contributed by atoms with Crippen molar-refractivity contribution in [2.75, 3.05) is 23.3 Å². The van der Waals surface area contributed by atoms with Crippen molar-refractivity contribution in [3.8, 4) is 5.75 Å². The fraction of sp³-hybridized carbons (Fsp3) is 0.167. The fourth-order valence-electron chi connectivity index (χ4n) is 3.93. The average molecular weight is 547 g/mol. The molecule has 0 radical (unpaired) electrons. The highest BCUT2D eigenvalue weighted by Crippen LogP contribution is 2.32. The van der Waals surface area contributed by atoms with Gasteiger partial charge in [0, 0.05) is 16.3 Å². The summed E-state index contributed by atoms with van der Waals surface area (Å²) in [7, 11) is -2.58. The van der Waals surface area contributed by atoms with Gasteiger partial charge in [0.1, 0.15) is 12.3 Å². The van der Waals surface area contributed by atoms with Crippen LogP contribution in [0.4, 0.5) is 11.4 Å². The number of para-hydroxylation sites is 2. The van der Waals surface area contributed by atoms with Crippen molar-refractivity contribution >= 4 is 39.1 Å². The molecule has 0 aromatic heterocycles. The number of ether oxygens (including phenoxy) is 1. The zero-order valence-corrected chi connectivity index (χ0v) is 23.2.